The van der Waals surface area contributed by atoms with Crippen molar-refractivity contribution in [1.29, 1.82) is 0 Å². The second-order valence-electron chi connectivity index (χ2n) is 4.28. The molecule has 2 aliphatic rings. The first kappa shape index (κ1) is 7.90. The molecule has 2 N–H and O–H groups in total. The van der Waals surface area contributed by atoms with E-state index in [2.05, 4.69) is 17.6 Å². The SMILES string of the molecule is CC12CCCCC1NC(=O)NC2. The first-order valence-electron chi connectivity index (χ1n) is 4.75. The molecule has 2 fully saturated rings. The van der Waals surface area contributed by atoms with Gasteiger partial charge < -0.3 is 10.6 Å². The molecule has 2 rings (SSSR count). The number of hydrogen-bond acceptors (Lipinski definition) is 1. The van der Waals surface area contributed by atoms with E-state index in [0.29, 0.717) is 11.5 Å². The molecule has 0 bridgehead atoms. The molecule has 1 saturated heterocycles. The Morgan fingerprint density at radius 2 is 2.33 bits per heavy atom. The van der Waals surface area contributed by atoms with Crippen molar-refractivity contribution in [2.45, 2.75) is 38.6 Å². The van der Waals surface area contributed by atoms with Crippen molar-refractivity contribution < 1.29 is 4.79 Å². The molecular weight excluding hydrogens is 152 g/mol. The molecule has 0 aromatic heterocycles. The zero-order valence-electron chi connectivity index (χ0n) is 7.52. The van der Waals surface area contributed by atoms with Gasteiger partial charge in [0.25, 0.3) is 0 Å². The Morgan fingerprint density at radius 1 is 1.50 bits per heavy atom. The molecule has 2 unspecified atom stereocenters. The van der Waals surface area contributed by atoms with Crippen LogP contribution < -0.4 is 10.6 Å². The Bertz CT molecular complexity index is 205. The summed E-state index contributed by atoms with van der Waals surface area (Å²) in [5.74, 6) is 0. The lowest BCUT2D eigenvalue weighted by molar-refractivity contribution is 0.122. The highest BCUT2D eigenvalue weighted by atomic mass is 16.2. The fourth-order valence-electron chi connectivity index (χ4n) is 2.35. The van der Waals surface area contributed by atoms with Crippen LogP contribution in [0.15, 0.2) is 0 Å². The van der Waals surface area contributed by atoms with Crippen LogP contribution in [-0.2, 0) is 0 Å². The number of carbonyl (C=O) groups excluding carboxylic acids is 1. The van der Waals surface area contributed by atoms with E-state index in [1.54, 1.807) is 0 Å². The highest BCUT2D eigenvalue weighted by Crippen LogP contribution is 2.36. The zero-order valence-corrected chi connectivity index (χ0v) is 7.52. The molecule has 0 spiro atoms. The van der Waals surface area contributed by atoms with Gasteiger partial charge in [-0.05, 0) is 12.8 Å². The molecule has 12 heavy (non-hydrogen) atoms. The predicted molar refractivity (Wildman–Crippen MR) is 46.9 cm³/mol. The average molecular weight is 168 g/mol. The Balaban J connectivity index is 2.11. The van der Waals surface area contributed by atoms with Gasteiger partial charge in [-0.25, -0.2) is 4.79 Å². The summed E-state index contributed by atoms with van der Waals surface area (Å²) in [4.78, 5) is 11.0. The third-order valence-corrected chi connectivity index (χ3v) is 3.29. The van der Waals surface area contributed by atoms with Crippen LogP contribution in [0.3, 0.4) is 0 Å². The molecule has 0 aromatic carbocycles. The number of carbonyl (C=O) groups is 1. The zero-order chi connectivity index (χ0) is 8.60. The van der Waals surface area contributed by atoms with Gasteiger partial charge in [0, 0.05) is 18.0 Å². The molecule has 1 aliphatic heterocycles. The van der Waals surface area contributed by atoms with E-state index < -0.39 is 0 Å². The van der Waals surface area contributed by atoms with Crippen molar-refractivity contribution >= 4 is 6.03 Å². The molecule has 1 aliphatic carbocycles. The van der Waals surface area contributed by atoms with E-state index in [-0.39, 0.29) is 6.03 Å². The number of hydrogen-bond donors (Lipinski definition) is 2. The van der Waals surface area contributed by atoms with Gasteiger partial charge >= 0.3 is 6.03 Å². The maximum Gasteiger partial charge on any atom is 0.315 e. The first-order valence-corrected chi connectivity index (χ1v) is 4.75. The molecule has 1 heterocycles. The van der Waals surface area contributed by atoms with Crippen molar-refractivity contribution in [2.24, 2.45) is 5.41 Å². The van der Waals surface area contributed by atoms with E-state index in [1.165, 1.54) is 19.3 Å². The lowest BCUT2D eigenvalue weighted by Crippen LogP contribution is -2.61. The van der Waals surface area contributed by atoms with Gasteiger partial charge in [0.2, 0.25) is 0 Å². The molecule has 2 atom stereocenters. The Morgan fingerprint density at radius 3 is 3.17 bits per heavy atom. The van der Waals surface area contributed by atoms with Crippen LogP contribution in [0.25, 0.3) is 0 Å². The van der Waals surface area contributed by atoms with E-state index in [1.807, 2.05) is 0 Å². The van der Waals surface area contributed by atoms with Crippen molar-refractivity contribution in [2.75, 3.05) is 6.54 Å². The normalized spacial score (nSPS) is 41.1. The van der Waals surface area contributed by atoms with Gasteiger partial charge in [0.1, 0.15) is 0 Å². The third-order valence-electron chi connectivity index (χ3n) is 3.29. The minimum Gasteiger partial charge on any atom is -0.338 e. The van der Waals surface area contributed by atoms with Crippen LogP contribution in [-0.4, -0.2) is 18.6 Å². The van der Waals surface area contributed by atoms with E-state index >= 15 is 0 Å². The molecule has 0 aromatic rings. The van der Waals surface area contributed by atoms with Gasteiger partial charge in [-0.3, -0.25) is 0 Å². The highest BCUT2D eigenvalue weighted by molar-refractivity contribution is 5.75. The van der Waals surface area contributed by atoms with Crippen LogP contribution in [0, 0.1) is 5.41 Å². The molecule has 3 nitrogen and oxygen atoms in total. The maximum absolute atomic E-state index is 11.0. The van der Waals surface area contributed by atoms with Gasteiger partial charge in [-0.2, -0.15) is 0 Å². The predicted octanol–water partition coefficient (Wildman–Crippen LogP) is 1.25. The summed E-state index contributed by atoms with van der Waals surface area (Å²) < 4.78 is 0. The van der Waals surface area contributed by atoms with E-state index in [0.717, 1.165) is 13.0 Å². The number of amides is 2. The summed E-state index contributed by atoms with van der Waals surface area (Å²) in [6.07, 6.45) is 4.97. The van der Waals surface area contributed by atoms with Gasteiger partial charge in [-0.1, -0.05) is 19.8 Å². The summed E-state index contributed by atoms with van der Waals surface area (Å²) in [5, 5.41) is 5.88. The number of urea groups is 1. The van der Waals surface area contributed by atoms with E-state index in [9.17, 15) is 4.79 Å². The summed E-state index contributed by atoms with van der Waals surface area (Å²) >= 11 is 0. The minimum absolute atomic E-state index is 0.0133. The maximum atomic E-state index is 11.0. The quantitative estimate of drug-likeness (QED) is 0.561. The Hall–Kier alpha value is -0.730. The van der Waals surface area contributed by atoms with Crippen molar-refractivity contribution in [1.82, 2.24) is 10.6 Å². The summed E-state index contributed by atoms with van der Waals surface area (Å²) in [6, 6.07) is 0.430. The lowest BCUT2D eigenvalue weighted by Gasteiger charge is -2.45. The largest absolute Gasteiger partial charge is 0.338 e. The number of fused-ring (bicyclic) bond motifs is 1. The smallest absolute Gasteiger partial charge is 0.315 e. The molecular formula is C9H16N2O. The van der Waals surface area contributed by atoms with Gasteiger partial charge in [-0.15, -0.1) is 0 Å². The first-order chi connectivity index (χ1) is 5.71. The van der Waals surface area contributed by atoms with Crippen molar-refractivity contribution in [3.8, 4) is 0 Å². The van der Waals surface area contributed by atoms with Crippen molar-refractivity contribution in [3.63, 3.8) is 0 Å². The van der Waals surface area contributed by atoms with Crippen LogP contribution >= 0.6 is 0 Å². The molecule has 0 radical (unpaired) electrons. The van der Waals surface area contributed by atoms with Crippen LogP contribution in [0.5, 0.6) is 0 Å². The van der Waals surface area contributed by atoms with Gasteiger partial charge in [0.05, 0.1) is 0 Å². The van der Waals surface area contributed by atoms with Crippen LogP contribution in [0.1, 0.15) is 32.6 Å². The number of nitrogens with one attached hydrogen (secondary N) is 2. The molecule has 68 valence electrons. The average Bonchev–Trinajstić information content (AvgIpc) is 2.06. The number of rotatable bonds is 0. The summed E-state index contributed by atoms with van der Waals surface area (Å²) in [7, 11) is 0. The standard InChI is InChI=1S/C9H16N2O/c1-9-5-3-2-4-7(9)11-8(12)10-6-9/h7H,2-6H2,1H3,(H2,10,11,12). The minimum atomic E-state index is 0.0133. The lowest BCUT2D eigenvalue weighted by atomic mass is 9.71. The topological polar surface area (TPSA) is 41.1 Å². The van der Waals surface area contributed by atoms with Gasteiger partial charge in [0.15, 0.2) is 0 Å². The Labute approximate surface area is 72.9 Å². The van der Waals surface area contributed by atoms with Crippen LogP contribution in [0.2, 0.25) is 0 Å². The fourth-order valence-corrected chi connectivity index (χ4v) is 2.35. The monoisotopic (exact) mass is 168 g/mol. The fraction of sp³-hybridized carbons (Fsp3) is 0.889. The molecule has 1 saturated carbocycles. The Kier molecular flexibility index (Phi) is 1.74. The summed E-state index contributed by atoms with van der Waals surface area (Å²) in [5.41, 5.74) is 0.312. The summed E-state index contributed by atoms with van der Waals surface area (Å²) in [6.45, 7) is 3.12. The van der Waals surface area contributed by atoms with E-state index in [4.69, 9.17) is 0 Å². The highest BCUT2D eigenvalue weighted by Gasteiger charge is 2.40. The second-order valence-corrected chi connectivity index (χ2v) is 4.28. The molecule has 3 heteroatoms. The van der Waals surface area contributed by atoms with Crippen molar-refractivity contribution in [3.05, 3.63) is 0 Å². The second kappa shape index (κ2) is 2.64. The van der Waals surface area contributed by atoms with Crippen LogP contribution in [0.4, 0.5) is 4.79 Å². The molecule has 2 amide bonds. The third kappa shape index (κ3) is 1.17.